The van der Waals surface area contributed by atoms with Gasteiger partial charge in [-0.25, -0.2) is 4.98 Å². The highest BCUT2D eigenvalue weighted by molar-refractivity contribution is 7.98. The quantitative estimate of drug-likeness (QED) is 0.701. The summed E-state index contributed by atoms with van der Waals surface area (Å²) in [5.41, 5.74) is 0.992. The Morgan fingerprint density at radius 1 is 1.29 bits per heavy atom. The summed E-state index contributed by atoms with van der Waals surface area (Å²) in [6.07, 6.45) is 3.87. The van der Waals surface area contributed by atoms with E-state index < -0.39 is 0 Å². The number of hydrogen-bond acceptors (Lipinski definition) is 3. The molecular formula is C13H21ClN2S. The zero-order chi connectivity index (χ0) is 12.5. The molecule has 1 heterocycles. The van der Waals surface area contributed by atoms with E-state index in [2.05, 4.69) is 24.1 Å². The molecule has 1 aromatic heterocycles. The van der Waals surface area contributed by atoms with Crippen molar-refractivity contribution in [1.82, 2.24) is 4.98 Å². The molecule has 0 aromatic carbocycles. The maximum absolute atomic E-state index is 6.13. The predicted molar refractivity (Wildman–Crippen MR) is 79.1 cm³/mol. The molecule has 0 bridgehead atoms. The van der Waals surface area contributed by atoms with Crippen LogP contribution in [0.1, 0.15) is 38.8 Å². The predicted octanol–water partition coefficient (Wildman–Crippen LogP) is 4.59. The van der Waals surface area contributed by atoms with E-state index in [0.717, 1.165) is 28.8 Å². The van der Waals surface area contributed by atoms with Crippen LogP contribution in [0.3, 0.4) is 0 Å². The molecular weight excluding hydrogens is 252 g/mol. The molecule has 0 fully saturated rings. The highest BCUT2D eigenvalue weighted by Gasteiger charge is 2.03. The first-order chi connectivity index (χ1) is 8.27. The lowest BCUT2D eigenvalue weighted by Crippen LogP contribution is -2.01. The average molecular weight is 273 g/mol. The van der Waals surface area contributed by atoms with Crippen LogP contribution in [0.5, 0.6) is 0 Å². The van der Waals surface area contributed by atoms with Crippen molar-refractivity contribution in [3.05, 3.63) is 22.8 Å². The van der Waals surface area contributed by atoms with Crippen LogP contribution in [0, 0.1) is 0 Å². The van der Waals surface area contributed by atoms with Gasteiger partial charge in [0.1, 0.15) is 5.82 Å². The summed E-state index contributed by atoms with van der Waals surface area (Å²) in [6, 6.07) is 3.85. The Bertz CT molecular complexity index is 331. The van der Waals surface area contributed by atoms with Gasteiger partial charge in [-0.1, -0.05) is 31.4 Å². The molecule has 0 radical (unpaired) electrons. The fourth-order valence-electron chi connectivity index (χ4n) is 1.49. The summed E-state index contributed by atoms with van der Waals surface area (Å²) in [5.74, 6) is 3.01. The number of rotatable bonds is 8. The van der Waals surface area contributed by atoms with Crippen LogP contribution in [-0.4, -0.2) is 17.3 Å². The first kappa shape index (κ1) is 14.7. The third-order valence-corrected chi connectivity index (χ3v) is 3.81. The molecule has 0 aliphatic heterocycles. The molecule has 0 atom stereocenters. The van der Waals surface area contributed by atoms with Crippen molar-refractivity contribution in [2.75, 3.05) is 17.6 Å². The second-order valence-electron chi connectivity index (χ2n) is 3.92. The zero-order valence-electron chi connectivity index (χ0n) is 10.6. The molecule has 0 spiro atoms. The lowest BCUT2D eigenvalue weighted by molar-refractivity contribution is 0.778. The van der Waals surface area contributed by atoms with Crippen molar-refractivity contribution in [3.8, 4) is 0 Å². The van der Waals surface area contributed by atoms with Gasteiger partial charge in [0.2, 0.25) is 0 Å². The molecule has 1 N–H and O–H groups in total. The highest BCUT2D eigenvalue weighted by Crippen LogP contribution is 2.22. The van der Waals surface area contributed by atoms with E-state index in [4.69, 9.17) is 11.6 Å². The standard InChI is InChI=1S/C13H21ClN2S/c1-3-5-6-9-17-10-12-11(14)7-8-13(16-12)15-4-2/h7-8H,3-6,9-10H2,1-2H3,(H,15,16). The van der Waals surface area contributed by atoms with E-state index in [1.165, 1.54) is 25.0 Å². The highest BCUT2D eigenvalue weighted by atomic mass is 35.5. The SMILES string of the molecule is CCCCCSCc1nc(NCC)ccc1Cl. The Morgan fingerprint density at radius 2 is 2.12 bits per heavy atom. The maximum Gasteiger partial charge on any atom is 0.126 e. The fraction of sp³-hybridized carbons (Fsp3) is 0.615. The number of halogens is 1. The van der Waals surface area contributed by atoms with Crippen molar-refractivity contribution < 1.29 is 0 Å². The van der Waals surface area contributed by atoms with Crippen LogP contribution in [0.4, 0.5) is 5.82 Å². The molecule has 1 aromatic rings. The molecule has 1 rings (SSSR count). The summed E-state index contributed by atoms with van der Waals surface area (Å²) < 4.78 is 0. The third-order valence-electron chi connectivity index (χ3n) is 2.41. The van der Waals surface area contributed by atoms with E-state index >= 15 is 0 Å². The minimum Gasteiger partial charge on any atom is -0.370 e. The van der Waals surface area contributed by atoms with Crippen molar-refractivity contribution >= 4 is 29.2 Å². The van der Waals surface area contributed by atoms with Crippen molar-refractivity contribution in [2.45, 2.75) is 38.9 Å². The lowest BCUT2D eigenvalue weighted by atomic mass is 10.3. The molecule has 0 saturated carbocycles. The van der Waals surface area contributed by atoms with Crippen LogP contribution in [0.2, 0.25) is 5.02 Å². The molecule has 0 amide bonds. The minimum atomic E-state index is 0.773. The van der Waals surface area contributed by atoms with Gasteiger partial charge < -0.3 is 5.32 Å². The first-order valence-corrected chi connectivity index (χ1v) is 7.78. The number of nitrogens with zero attached hydrogens (tertiary/aromatic N) is 1. The van der Waals surface area contributed by atoms with Gasteiger partial charge in [0.15, 0.2) is 0 Å². The van der Waals surface area contributed by atoms with Gasteiger partial charge in [0, 0.05) is 12.3 Å². The Kier molecular flexibility index (Phi) is 7.45. The second-order valence-corrected chi connectivity index (χ2v) is 5.43. The molecule has 0 unspecified atom stereocenters. The summed E-state index contributed by atoms with van der Waals surface area (Å²) >= 11 is 8.05. The maximum atomic E-state index is 6.13. The topological polar surface area (TPSA) is 24.9 Å². The van der Waals surface area contributed by atoms with E-state index in [0.29, 0.717) is 0 Å². The van der Waals surface area contributed by atoms with Crippen LogP contribution >= 0.6 is 23.4 Å². The molecule has 0 saturated heterocycles. The van der Waals surface area contributed by atoms with Gasteiger partial charge in [0.25, 0.3) is 0 Å². The third kappa shape index (κ3) is 5.64. The number of thioether (sulfide) groups is 1. The van der Waals surface area contributed by atoms with E-state index in [9.17, 15) is 0 Å². The molecule has 17 heavy (non-hydrogen) atoms. The Hall–Kier alpha value is -0.410. The van der Waals surface area contributed by atoms with Crippen molar-refractivity contribution in [3.63, 3.8) is 0 Å². The van der Waals surface area contributed by atoms with Crippen molar-refractivity contribution in [1.29, 1.82) is 0 Å². The normalized spacial score (nSPS) is 10.5. The summed E-state index contributed by atoms with van der Waals surface area (Å²) in [4.78, 5) is 4.52. The molecule has 0 aliphatic carbocycles. The van der Waals surface area contributed by atoms with Gasteiger partial charge in [0.05, 0.1) is 10.7 Å². The number of aromatic nitrogens is 1. The minimum absolute atomic E-state index is 0.773. The number of hydrogen-bond donors (Lipinski definition) is 1. The van der Waals surface area contributed by atoms with Gasteiger partial charge in [-0.15, -0.1) is 0 Å². The Morgan fingerprint density at radius 3 is 2.82 bits per heavy atom. The number of anilines is 1. The van der Waals surface area contributed by atoms with Gasteiger partial charge in [-0.3, -0.25) is 0 Å². The van der Waals surface area contributed by atoms with Gasteiger partial charge in [-0.2, -0.15) is 11.8 Å². The van der Waals surface area contributed by atoms with Crippen LogP contribution in [0.25, 0.3) is 0 Å². The second kappa shape index (κ2) is 8.65. The Labute approximate surface area is 114 Å². The zero-order valence-corrected chi connectivity index (χ0v) is 12.2. The van der Waals surface area contributed by atoms with Crippen molar-refractivity contribution in [2.24, 2.45) is 0 Å². The van der Waals surface area contributed by atoms with Crippen LogP contribution in [0.15, 0.2) is 12.1 Å². The summed E-state index contributed by atoms with van der Waals surface area (Å²) in [7, 11) is 0. The summed E-state index contributed by atoms with van der Waals surface area (Å²) in [6.45, 7) is 5.18. The molecule has 2 nitrogen and oxygen atoms in total. The first-order valence-electron chi connectivity index (χ1n) is 6.25. The monoisotopic (exact) mass is 272 g/mol. The molecule has 4 heteroatoms. The lowest BCUT2D eigenvalue weighted by Gasteiger charge is -2.07. The van der Waals surface area contributed by atoms with E-state index in [-0.39, 0.29) is 0 Å². The molecule has 0 aliphatic rings. The van der Waals surface area contributed by atoms with Gasteiger partial charge >= 0.3 is 0 Å². The van der Waals surface area contributed by atoms with Gasteiger partial charge in [-0.05, 0) is 31.2 Å². The largest absolute Gasteiger partial charge is 0.370 e. The molecule has 96 valence electrons. The number of nitrogens with one attached hydrogen (secondary N) is 1. The van der Waals surface area contributed by atoms with E-state index in [1.807, 2.05) is 23.9 Å². The Balaban J connectivity index is 2.42. The summed E-state index contributed by atoms with van der Waals surface area (Å²) in [5, 5.41) is 3.98. The van der Waals surface area contributed by atoms with E-state index in [1.54, 1.807) is 0 Å². The average Bonchev–Trinajstić information content (AvgIpc) is 2.33. The fourth-order valence-corrected chi connectivity index (χ4v) is 2.71. The number of pyridine rings is 1. The smallest absolute Gasteiger partial charge is 0.126 e. The number of unbranched alkanes of at least 4 members (excludes halogenated alkanes) is 2. The van der Waals surface area contributed by atoms with Crippen LogP contribution in [-0.2, 0) is 5.75 Å². The van der Waals surface area contributed by atoms with Crippen LogP contribution < -0.4 is 5.32 Å².